The first-order valence-electron chi connectivity index (χ1n) is 7.14. The van der Waals surface area contributed by atoms with Crippen molar-refractivity contribution in [2.75, 3.05) is 4.90 Å². The molecule has 9 nitrogen and oxygen atoms in total. The van der Waals surface area contributed by atoms with Crippen LogP contribution in [0.15, 0.2) is 6.20 Å². The molecule has 1 aromatic heterocycles. The molecule has 0 bridgehead atoms. The molecule has 0 saturated carbocycles. The van der Waals surface area contributed by atoms with E-state index in [4.69, 9.17) is 0 Å². The smallest absolute Gasteiger partial charge is 0.422 e. The van der Waals surface area contributed by atoms with Crippen molar-refractivity contribution >= 4 is 23.7 Å². The Bertz CT molecular complexity index is 686. The lowest BCUT2D eigenvalue weighted by atomic mass is 9.74. The standard InChI is InChI=1S/C15H21N3O6/c1-14(2,3)9-8(18(23)24)7-16-11(10(9)15(4,5)6)17(12(19)20)13(21)22/h7H,1-6H3,(H,19,20)(H,21,22). The number of aromatic nitrogens is 1. The van der Waals surface area contributed by atoms with Crippen LogP contribution in [0.1, 0.15) is 52.7 Å². The van der Waals surface area contributed by atoms with E-state index in [0.717, 1.165) is 6.20 Å². The lowest BCUT2D eigenvalue weighted by Crippen LogP contribution is -2.38. The van der Waals surface area contributed by atoms with Crippen LogP contribution in [-0.2, 0) is 10.8 Å². The maximum Gasteiger partial charge on any atom is 0.422 e. The Morgan fingerprint density at radius 1 is 1.04 bits per heavy atom. The molecule has 0 aliphatic rings. The number of hydrogen-bond donors (Lipinski definition) is 2. The van der Waals surface area contributed by atoms with Crippen molar-refractivity contribution in [3.63, 3.8) is 0 Å². The molecule has 2 N–H and O–H groups in total. The molecule has 0 unspecified atom stereocenters. The van der Waals surface area contributed by atoms with Gasteiger partial charge in [0.05, 0.1) is 4.92 Å². The Hall–Kier alpha value is -2.71. The van der Waals surface area contributed by atoms with Crippen LogP contribution in [0.3, 0.4) is 0 Å². The first-order chi connectivity index (χ1) is 10.7. The zero-order chi connectivity index (χ0) is 19.0. The van der Waals surface area contributed by atoms with E-state index in [2.05, 4.69) is 4.98 Å². The molecular weight excluding hydrogens is 318 g/mol. The monoisotopic (exact) mass is 339 g/mol. The quantitative estimate of drug-likeness (QED) is 0.619. The van der Waals surface area contributed by atoms with Gasteiger partial charge in [-0.05, 0) is 10.8 Å². The fraction of sp³-hybridized carbons (Fsp3) is 0.533. The predicted octanol–water partition coefficient (Wildman–Crippen LogP) is 3.75. The zero-order valence-electron chi connectivity index (χ0n) is 14.4. The van der Waals surface area contributed by atoms with Crippen molar-refractivity contribution in [3.8, 4) is 0 Å². The zero-order valence-corrected chi connectivity index (χ0v) is 14.4. The Balaban J connectivity index is 4.05. The highest BCUT2D eigenvalue weighted by atomic mass is 16.6. The number of carboxylic acid groups (broad SMARTS) is 2. The third kappa shape index (κ3) is 3.61. The van der Waals surface area contributed by atoms with E-state index in [0.29, 0.717) is 0 Å². The molecule has 0 aromatic carbocycles. The SMILES string of the molecule is CC(C)(C)c1c([N+](=O)[O-])cnc(N(C(=O)O)C(=O)O)c1C(C)(C)C. The van der Waals surface area contributed by atoms with Crippen LogP contribution in [0.5, 0.6) is 0 Å². The van der Waals surface area contributed by atoms with Gasteiger partial charge in [0.25, 0.3) is 5.69 Å². The second kappa shape index (κ2) is 6.06. The van der Waals surface area contributed by atoms with Crippen LogP contribution in [0.25, 0.3) is 0 Å². The third-order valence-corrected chi connectivity index (χ3v) is 3.33. The van der Waals surface area contributed by atoms with Gasteiger partial charge in [0.15, 0.2) is 5.82 Å². The minimum absolute atomic E-state index is 0.0829. The Morgan fingerprint density at radius 2 is 1.46 bits per heavy atom. The molecule has 1 aromatic rings. The van der Waals surface area contributed by atoms with Gasteiger partial charge < -0.3 is 10.2 Å². The van der Waals surface area contributed by atoms with Gasteiger partial charge >= 0.3 is 12.2 Å². The molecule has 0 fully saturated rings. The van der Waals surface area contributed by atoms with E-state index in [1.807, 2.05) is 0 Å². The molecule has 1 heterocycles. The Morgan fingerprint density at radius 3 is 1.75 bits per heavy atom. The number of hydrogen-bond acceptors (Lipinski definition) is 5. The summed E-state index contributed by atoms with van der Waals surface area (Å²) in [4.78, 5) is 37.4. The lowest BCUT2D eigenvalue weighted by Gasteiger charge is -2.32. The highest BCUT2D eigenvalue weighted by molar-refractivity contribution is 6.07. The fourth-order valence-corrected chi connectivity index (χ4v) is 2.53. The second-order valence-corrected chi connectivity index (χ2v) is 7.37. The van der Waals surface area contributed by atoms with E-state index in [-0.39, 0.29) is 27.5 Å². The van der Waals surface area contributed by atoms with Crippen molar-refractivity contribution in [1.29, 1.82) is 0 Å². The van der Waals surface area contributed by atoms with Gasteiger partial charge in [-0.1, -0.05) is 41.5 Å². The van der Waals surface area contributed by atoms with E-state index >= 15 is 0 Å². The van der Waals surface area contributed by atoms with Crippen LogP contribution in [0.2, 0.25) is 0 Å². The molecule has 0 aliphatic heterocycles. The number of anilines is 1. The van der Waals surface area contributed by atoms with Crippen LogP contribution in [0, 0.1) is 10.1 Å². The van der Waals surface area contributed by atoms with Crippen molar-refractivity contribution in [3.05, 3.63) is 27.4 Å². The summed E-state index contributed by atoms with van der Waals surface area (Å²) in [5.41, 5.74) is -1.30. The minimum Gasteiger partial charge on any atom is -0.464 e. The number of amides is 2. The maximum absolute atomic E-state index is 11.4. The molecule has 9 heteroatoms. The maximum atomic E-state index is 11.4. The highest BCUT2D eigenvalue weighted by Crippen LogP contribution is 2.43. The number of imide groups is 1. The molecule has 2 amide bonds. The molecule has 24 heavy (non-hydrogen) atoms. The summed E-state index contributed by atoms with van der Waals surface area (Å²) in [6, 6.07) is 0. The number of rotatable bonds is 2. The predicted molar refractivity (Wildman–Crippen MR) is 86.8 cm³/mol. The van der Waals surface area contributed by atoms with Crippen LogP contribution >= 0.6 is 0 Å². The lowest BCUT2D eigenvalue weighted by molar-refractivity contribution is -0.386. The average molecular weight is 339 g/mol. The van der Waals surface area contributed by atoms with Crippen molar-refractivity contribution in [2.24, 2.45) is 0 Å². The number of carbonyl (C=O) groups is 2. The third-order valence-electron chi connectivity index (χ3n) is 3.33. The van der Waals surface area contributed by atoms with Crippen LogP contribution in [0.4, 0.5) is 21.1 Å². The Labute approximate surface area is 139 Å². The summed E-state index contributed by atoms with van der Waals surface area (Å²) in [6.07, 6.45) is -2.55. The Kier molecular flexibility index (Phi) is 4.88. The summed E-state index contributed by atoms with van der Waals surface area (Å²) >= 11 is 0. The minimum atomic E-state index is -1.73. The van der Waals surface area contributed by atoms with Gasteiger partial charge in [-0.2, -0.15) is 4.90 Å². The fourth-order valence-electron chi connectivity index (χ4n) is 2.53. The topological polar surface area (TPSA) is 134 Å². The van der Waals surface area contributed by atoms with Gasteiger partial charge in [0, 0.05) is 11.1 Å². The van der Waals surface area contributed by atoms with Crippen LogP contribution < -0.4 is 4.90 Å². The van der Waals surface area contributed by atoms with Crippen molar-refractivity contribution < 1.29 is 24.7 Å². The molecule has 0 radical (unpaired) electrons. The largest absolute Gasteiger partial charge is 0.464 e. The summed E-state index contributed by atoms with van der Waals surface area (Å²) in [5, 5.41) is 29.9. The van der Waals surface area contributed by atoms with Gasteiger partial charge in [0.2, 0.25) is 0 Å². The van der Waals surface area contributed by atoms with Gasteiger partial charge in [-0.25, -0.2) is 14.6 Å². The summed E-state index contributed by atoms with van der Waals surface area (Å²) < 4.78 is 0. The number of nitro groups is 1. The average Bonchev–Trinajstić information content (AvgIpc) is 2.34. The van der Waals surface area contributed by atoms with Gasteiger partial charge in [0.1, 0.15) is 6.20 Å². The van der Waals surface area contributed by atoms with Gasteiger partial charge in [-0.3, -0.25) is 10.1 Å². The number of pyridine rings is 1. The molecule has 1 rings (SSSR count). The van der Waals surface area contributed by atoms with Crippen molar-refractivity contribution in [2.45, 2.75) is 52.4 Å². The van der Waals surface area contributed by atoms with E-state index in [1.165, 1.54) is 0 Å². The molecular formula is C15H21N3O6. The van der Waals surface area contributed by atoms with Gasteiger partial charge in [-0.15, -0.1) is 0 Å². The van der Waals surface area contributed by atoms with Crippen LogP contribution in [-0.4, -0.2) is 32.3 Å². The van der Waals surface area contributed by atoms with E-state index < -0.39 is 27.9 Å². The first kappa shape index (κ1) is 19.3. The first-order valence-corrected chi connectivity index (χ1v) is 7.14. The summed E-state index contributed by atoms with van der Waals surface area (Å²) in [6.45, 7) is 10.4. The second-order valence-electron chi connectivity index (χ2n) is 7.37. The molecule has 132 valence electrons. The molecule has 0 spiro atoms. The summed E-state index contributed by atoms with van der Waals surface area (Å²) in [7, 11) is 0. The number of nitrogens with zero attached hydrogens (tertiary/aromatic N) is 3. The van der Waals surface area contributed by atoms with Crippen molar-refractivity contribution in [1.82, 2.24) is 4.98 Å². The van der Waals surface area contributed by atoms with E-state index in [9.17, 15) is 29.9 Å². The molecule has 0 atom stereocenters. The molecule has 0 aliphatic carbocycles. The molecule has 0 saturated heterocycles. The normalized spacial score (nSPS) is 11.9. The highest BCUT2D eigenvalue weighted by Gasteiger charge is 2.39. The van der Waals surface area contributed by atoms with E-state index in [1.54, 1.807) is 41.5 Å². The summed E-state index contributed by atoms with van der Waals surface area (Å²) in [5.74, 6) is -0.335.